The van der Waals surface area contributed by atoms with E-state index < -0.39 is 0 Å². The smallest absolute Gasteiger partial charge is 0.235 e. The van der Waals surface area contributed by atoms with Crippen molar-refractivity contribution < 1.29 is 4.79 Å². The van der Waals surface area contributed by atoms with E-state index in [0.717, 1.165) is 5.69 Å². The van der Waals surface area contributed by atoms with E-state index in [4.69, 9.17) is 0 Å². The predicted molar refractivity (Wildman–Crippen MR) is 54.4 cm³/mol. The summed E-state index contributed by atoms with van der Waals surface area (Å²) in [4.78, 5) is 14.8. The molecule has 0 radical (unpaired) electrons. The third-order valence-corrected chi connectivity index (χ3v) is 2.07. The fraction of sp³-hybridized carbons (Fsp3) is 0.143. The number of aromatic nitrogens is 1. The second-order valence-electron chi connectivity index (χ2n) is 2.05. The minimum atomic E-state index is -0.0758. The monoisotopic (exact) mass is 292 g/mol. The SMILES string of the molecule is O=C(CBr)Nc1ccnc(Br)c1. The van der Waals surface area contributed by atoms with E-state index in [2.05, 4.69) is 42.2 Å². The average molecular weight is 294 g/mol. The highest BCUT2D eigenvalue weighted by molar-refractivity contribution is 9.10. The molecule has 0 aromatic carbocycles. The predicted octanol–water partition coefficient (Wildman–Crippen LogP) is 2.18. The number of halogens is 2. The molecule has 0 aliphatic rings. The maximum Gasteiger partial charge on any atom is 0.235 e. The Morgan fingerprint density at radius 2 is 2.42 bits per heavy atom. The molecule has 1 aromatic heterocycles. The molecule has 1 amide bonds. The van der Waals surface area contributed by atoms with Gasteiger partial charge < -0.3 is 5.32 Å². The van der Waals surface area contributed by atoms with Crippen LogP contribution in [0.2, 0.25) is 0 Å². The van der Waals surface area contributed by atoms with Gasteiger partial charge in [0.25, 0.3) is 0 Å². The van der Waals surface area contributed by atoms with Crippen molar-refractivity contribution in [3.8, 4) is 0 Å². The molecule has 0 aliphatic carbocycles. The Kier molecular flexibility index (Phi) is 3.68. The molecular weight excluding hydrogens is 288 g/mol. The van der Waals surface area contributed by atoms with Crippen LogP contribution in [0.15, 0.2) is 22.9 Å². The van der Waals surface area contributed by atoms with Crippen molar-refractivity contribution in [2.24, 2.45) is 0 Å². The van der Waals surface area contributed by atoms with Gasteiger partial charge in [-0.15, -0.1) is 0 Å². The Labute approximate surface area is 86.8 Å². The number of carbonyl (C=O) groups is 1. The fourth-order valence-electron chi connectivity index (χ4n) is 0.675. The summed E-state index contributed by atoms with van der Waals surface area (Å²) in [5.41, 5.74) is 0.737. The van der Waals surface area contributed by atoms with Crippen LogP contribution in [0.4, 0.5) is 5.69 Å². The molecule has 0 spiro atoms. The van der Waals surface area contributed by atoms with E-state index in [9.17, 15) is 4.79 Å². The number of rotatable bonds is 2. The molecule has 0 unspecified atom stereocenters. The first-order valence-electron chi connectivity index (χ1n) is 3.20. The Morgan fingerprint density at radius 3 is 3.00 bits per heavy atom. The molecule has 0 bridgehead atoms. The van der Waals surface area contributed by atoms with Crippen LogP contribution in [0.25, 0.3) is 0 Å². The number of hydrogen-bond acceptors (Lipinski definition) is 2. The van der Waals surface area contributed by atoms with Gasteiger partial charge in [0.2, 0.25) is 5.91 Å². The summed E-state index contributed by atoms with van der Waals surface area (Å²) in [6, 6.07) is 3.46. The molecule has 1 heterocycles. The van der Waals surface area contributed by atoms with Crippen molar-refractivity contribution in [3.05, 3.63) is 22.9 Å². The summed E-state index contributed by atoms with van der Waals surface area (Å²) in [7, 11) is 0. The standard InChI is InChI=1S/C7H6Br2N2O/c8-4-7(12)11-5-1-2-10-6(9)3-5/h1-3H,4H2,(H,10,11,12). The van der Waals surface area contributed by atoms with Crippen molar-refractivity contribution in [2.75, 3.05) is 10.6 Å². The van der Waals surface area contributed by atoms with Crippen LogP contribution in [0, 0.1) is 0 Å². The van der Waals surface area contributed by atoms with E-state index in [-0.39, 0.29) is 5.91 Å². The van der Waals surface area contributed by atoms with Crippen LogP contribution >= 0.6 is 31.9 Å². The Morgan fingerprint density at radius 1 is 1.67 bits per heavy atom. The Hall–Kier alpha value is -0.420. The highest BCUT2D eigenvalue weighted by Gasteiger charge is 1.99. The lowest BCUT2D eigenvalue weighted by Gasteiger charge is -2.01. The van der Waals surface area contributed by atoms with Crippen LogP contribution in [-0.2, 0) is 4.79 Å². The summed E-state index contributed by atoms with van der Waals surface area (Å²) in [5.74, 6) is -0.0758. The van der Waals surface area contributed by atoms with Gasteiger partial charge in [-0.25, -0.2) is 4.98 Å². The number of nitrogens with zero attached hydrogens (tertiary/aromatic N) is 1. The van der Waals surface area contributed by atoms with E-state index >= 15 is 0 Å². The van der Waals surface area contributed by atoms with Crippen LogP contribution in [0.3, 0.4) is 0 Å². The van der Waals surface area contributed by atoms with Crippen molar-refractivity contribution in [3.63, 3.8) is 0 Å². The largest absolute Gasteiger partial charge is 0.325 e. The molecule has 0 saturated carbocycles. The summed E-state index contributed by atoms with van der Waals surface area (Å²) in [6.45, 7) is 0. The molecule has 0 atom stereocenters. The Balaban J connectivity index is 2.69. The lowest BCUT2D eigenvalue weighted by atomic mass is 10.4. The van der Waals surface area contributed by atoms with Gasteiger partial charge in [-0.3, -0.25) is 4.79 Å². The highest BCUT2D eigenvalue weighted by Crippen LogP contribution is 2.12. The minimum absolute atomic E-state index is 0.0758. The van der Waals surface area contributed by atoms with E-state index in [1.165, 1.54) is 0 Å². The first-order valence-corrected chi connectivity index (χ1v) is 5.11. The van der Waals surface area contributed by atoms with Crippen LogP contribution < -0.4 is 5.32 Å². The number of nitrogens with one attached hydrogen (secondary N) is 1. The van der Waals surface area contributed by atoms with Gasteiger partial charge in [-0.1, -0.05) is 15.9 Å². The normalized spacial score (nSPS) is 9.50. The lowest BCUT2D eigenvalue weighted by Crippen LogP contribution is -2.12. The van der Waals surface area contributed by atoms with Gasteiger partial charge in [0.15, 0.2) is 0 Å². The molecule has 1 aromatic rings. The number of alkyl halides is 1. The van der Waals surface area contributed by atoms with Crippen molar-refractivity contribution in [2.45, 2.75) is 0 Å². The molecule has 1 rings (SSSR count). The fourth-order valence-corrected chi connectivity index (χ4v) is 1.18. The number of pyridine rings is 1. The molecule has 0 saturated heterocycles. The maximum atomic E-state index is 10.9. The molecule has 0 fully saturated rings. The van der Waals surface area contributed by atoms with Crippen LogP contribution in [-0.4, -0.2) is 16.2 Å². The highest BCUT2D eigenvalue weighted by atomic mass is 79.9. The first-order chi connectivity index (χ1) is 5.72. The van der Waals surface area contributed by atoms with Gasteiger partial charge in [0, 0.05) is 11.9 Å². The van der Waals surface area contributed by atoms with E-state index in [1.54, 1.807) is 18.3 Å². The summed E-state index contributed by atoms with van der Waals surface area (Å²) >= 11 is 6.25. The second kappa shape index (κ2) is 4.57. The van der Waals surface area contributed by atoms with Crippen molar-refractivity contribution in [1.82, 2.24) is 4.98 Å². The zero-order valence-electron chi connectivity index (χ0n) is 6.05. The second-order valence-corrected chi connectivity index (χ2v) is 3.42. The number of hydrogen-bond donors (Lipinski definition) is 1. The van der Waals surface area contributed by atoms with Gasteiger partial charge in [0.05, 0.1) is 5.33 Å². The maximum absolute atomic E-state index is 10.9. The average Bonchev–Trinajstić information content (AvgIpc) is 2.04. The molecular formula is C7H6Br2N2O. The molecule has 64 valence electrons. The number of anilines is 1. The van der Waals surface area contributed by atoms with Gasteiger partial charge in [0.1, 0.15) is 4.60 Å². The molecule has 5 heteroatoms. The van der Waals surface area contributed by atoms with Gasteiger partial charge in [-0.2, -0.15) is 0 Å². The van der Waals surface area contributed by atoms with Gasteiger partial charge in [-0.05, 0) is 28.1 Å². The summed E-state index contributed by atoms with van der Waals surface area (Å²) in [6.07, 6.45) is 1.62. The van der Waals surface area contributed by atoms with Crippen molar-refractivity contribution >= 4 is 43.5 Å². The van der Waals surface area contributed by atoms with Gasteiger partial charge >= 0.3 is 0 Å². The molecule has 3 nitrogen and oxygen atoms in total. The third-order valence-electron chi connectivity index (χ3n) is 1.13. The minimum Gasteiger partial charge on any atom is -0.325 e. The first kappa shape index (κ1) is 9.67. The Bertz CT molecular complexity index is 290. The molecule has 1 N–H and O–H groups in total. The number of carbonyl (C=O) groups excluding carboxylic acids is 1. The van der Waals surface area contributed by atoms with Crippen molar-refractivity contribution in [1.29, 1.82) is 0 Å². The number of amides is 1. The van der Waals surface area contributed by atoms with E-state index in [0.29, 0.717) is 9.93 Å². The third kappa shape index (κ3) is 2.91. The lowest BCUT2D eigenvalue weighted by molar-refractivity contribution is -0.113. The van der Waals surface area contributed by atoms with Crippen LogP contribution in [0.5, 0.6) is 0 Å². The summed E-state index contributed by atoms with van der Waals surface area (Å²) in [5, 5.41) is 2.98. The molecule has 12 heavy (non-hydrogen) atoms. The van der Waals surface area contributed by atoms with Crippen LogP contribution in [0.1, 0.15) is 0 Å². The molecule has 0 aliphatic heterocycles. The summed E-state index contributed by atoms with van der Waals surface area (Å²) < 4.78 is 0.704. The zero-order chi connectivity index (χ0) is 8.97. The zero-order valence-corrected chi connectivity index (χ0v) is 9.22. The van der Waals surface area contributed by atoms with E-state index in [1.807, 2.05) is 0 Å². The topological polar surface area (TPSA) is 42.0 Å². The quantitative estimate of drug-likeness (QED) is 0.671.